The van der Waals surface area contributed by atoms with Gasteiger partial charge in [0.15, 0.2) is 0 Å². The van der Waals surface area contributed by atoms with Crippen molar-refractivity contribution in [3.63, 3.8) is 0 Å². The summed E-state index contributed by atoms with van der Waals surface area (Å²) in [7, 11) is 3.65. The molecule has 0 amide bonds. The second-order valence-corrected chi connectivity index (χ2v) is 4.45. The molecule has 0 aliphatic carbocycles. The lowest BCUT2D eigenvalue weighted by molar-refractivity contribution is 0.419. The maximum atomic E-state index is 5.33. The van der Waals surface area contributed by atoms with Crippen molar-refractivity contribution in [2.24, 2.45) is 0 Å². The largest absolute Gasteiger partial charge is 0.495 e. The third-order valence-corrected chi connectivity index (χ3v) is 3.55. The number of likely N-dealkylation sites (N-methyl/N-ethyl adjacent to an activating group) is 1. The van der Waals surface area contributed by atoms with Crippen LogP contribution >= 0.6 is 15.9 Å². The van der Waals surface area contributed by atoms with Gasteiger partial charge in [0.2, 0.25) is 0 Å². The summed E-state index contributed by atoms with van der Waals surface area (Å²) in [6.45, 7) is 0.952. The molecule has 86 valence electrons. The first kappa shape index (κ1) is 11.5. The van der Waals surface area contributed by atoms with E-state index in [1.807, 2.05) is 19.2 Å². The van der Waals surface area contributed by atoms with Crippen LogP contribution in [0.4, 0.5) is 0 Å². The standard InChI is InChI=1S/C12H15BrN2O/c1-14-7-6-9-11(13)8-4-3-5-10(16-2)12(8)15-9/h3-5,14-15H,6-7H2,1-2H3. The molecule has 0 fully saturated rings. The predicted octanol–water partition coefficient (Wildman–Crippen LogP) is 2.70. The van der Waals surface area contributed by atoms with Crippen molar-refractivity contribution >= 4 is 26.8 Å². The average molecular weight is 283 g/mol. The van der Waals surface area contributed by atoms with E-state index in [9.17, 15) is 0 Å². The van der Waals surface area contributed by atoms with Gasteiger partial charge in [0, 0.05) is 28.5 Å². The van der Waals surface area contributed by atoms with Gasteiger partial charge in [0.25, 0.3) is 0 Å². The second kappa shape index (κ2) is 4.89. The Balaban J connectivity index is 2.49. The van der Waals surface area contributed by atoms with Crippen LogP contribution in [0.5, 0.6) is 5.75 Å². The number of fused-ring (bicyclic) bond motifs is 1. The molecule has 0 aliphatic heterocycles. The zero-order valence-corrected chi connectivity index (χ0v) is 11.0. The highest BCUT2D eigenvalue weighted by Crippen LogP contribution is 2.33. The third-order valence-electron chi connectivity index (χ3n) is 2.65. The van der Waals surface area contributed by atoms with Crippen LogP contribution in [-0.2, 0) is 6.42 Å². The number of aromatic amines is 1. The Morgan fingerprint density at radius 2 is 2.25 bits per heavy atom. The predicted molar refractivity (Wildman–Crippen MR) is 70.2 cm³/mol. The lowest BCUT2D eigenvalue weighted by atomic mass is 10.2. The van der Waals surface area contributed by atoms with E-state index >= 15 is 0 Å². The molecule has 0 saturated heterocycles. The van der Waals surface area contributed by atoms with Crippen molar-refractivity contribution in [3.05, 3.63) is 28.4 Å². The molecule has 0 spiro atoms. The first-order valence-corrected chi connectivity index (χ1v) is 6.05. The molecule has 0 bridgehead atoms. The van der Waals surface area contributed by atoms with Crippen LogP contribution in [-0.4, -0.2) is 25.7 Å². The van der Waals surface area contributed by atoms with Crippen LogP contribution in [0.25, 0.3) is 10.9 Å². The lowest BCUT2D eigenvalue weighted by Crippen LogP contribution is -2.10. The summed E-state index contributed by atoms with van der Waals surface area (Å²) in [5, 5.41) is 4.32. The van der Waals surface area contributed by atoms with E-state index in [4.69, 9.17) is 4.74 Å². The normalized spacial score (nSPS) is 10.9. The lowest BCUT2D eigenvalue weighted by Gasteiger charge is -2.00. The van der Waals surface area contributed by atoms with E-state index in [1.54, 1.807) is 7.11 Å². The van der Waals surface area contributed by atoms with E-state index in [0.717, 1.165) is 28.7 Å². The smallest absolute Gasteiger partial charge is 0.142 e. The topological polar surface area (TPSA) is 37.0 Å². The maximum absolute atomic E-state index is 5.33. The first-order valence-electron chi connectivity index (χ1n) is 5.25. The number of H-pyrrole nitrogens is 1. The zero-order valence-electron chi connectivity index (χ0n) is 9.43. The molecule has 2 aromatic rings. The highest BCUT2D eigenvalue weighted by Gasteiger charge is 2.11. The highest BCUT2D eigenvalue weighted by atomic mass is 79.9. The molecule has 0 radical (unpaired) electrons. The van der Waals surface area contributed by atoms with Gasteiger partial charge in [-0.15, -0.1) is 0 Å². The summed E-state index contributed by atoms with van der Waals surface area (Å²) in [5.74, 6) is 0.883. The number of methoxy groups -OCH3 is 1. The molecule has 16 heavy (non-hydrogen) atoms. The second-order valence-electron chi connectivity index (χ2n) is 3.65. The van der Waals surface area contributed by atoms with E-state index in [1.165, 1.54) is 11.1 Å². The minimum atomic E-state index is 0.883. The number of halogens is 1. The molecule has 3 nitrogen and oxygen atoms in total. The molecule has 4 heteroatoms. The number of para-hydroxylation sites is 1. The first-order chi connectivity index (χ1) is 7.77. The van der Waals surface area contributed by atoms with Crippen LogP contribution in [0.1, 0.15) is 5.69 Å². The molecule has 1 heterocycles. The average Bonchev–Trinajstić information content (AvgIpc) is 2.64. The van der Waals surface area contributed by atoms with Crippen molar-refractivity contribution in [1.82, 2.24) is 10.3 Å². The summed E-state index contributed by atoms with van der Waals surface area (Å²) in [4.78, 5) is 3.41. The minimum absolute atomic E-state index is 0.883. The maximum Gasteiger partial charge on any atom is 0.142 e. The van der Waals surface area contributed by atoms with Crippen LogP contribution in [0, 0.1) is 0 Å². The fourth-order valence-electron chi connectivity index (χ4n) is 1.80. The van der Waals surface area contributed by atoms with Crippen molar-refractivity contribution in [3.8, 4) is 5.75 Å². The third kappa shape index (κ3) is 1.95. The Hall–Kier alpha value is -1.00. The molecular weight excluding hydrogens is 268 g/mol. The molecule has 2 N–H and O–H groups in total. The van der Waals surface area contributed by atoms with Gasteiger partial charge >= 0.3 is 0 Å². The molecular formula is C12H15BrN2O. The number of nitrogens with one attached hydrogen (secondary N) is 2. The number of benzene rings is 1. The number of ether oxygens (including phenoxy) is 1. The van der Waals surface area contributed by atoms with Crippen LogP contribution in [0.15, 0.2) is 22.7 Å². The van der Waals surface area contributed by atoms with Crippen LogP contribution in [0.3, 0.4) is 0 Å². The van der Waals surface area contributed by atoms with Gasteiger partial charge in [-0.05, 0) is 29.0 Å². The highest BCUT2D eigenvalue weighted by molar-refractivity contribution is 9.10. The molecule has 0 unspecified atom stereocenters. The Bertz CT molecular complexity index is 493. The summed E-state index contributed by atoms with van der Waals surface area (Å²) < 4.78 is 6.47. The Labute approximate surface area is 103 Å². The Morgan fingerprint density at radius 3 is 2.94 bits per heavy atom. The Kier molecular flexibility index (Phi) is 3.51. The fourth-order valence-corrected chi connectivity index (χ4v) is 2.43. The molecule has 0 aliphatic rings. The van der Waals surface area contributed by atoms with Gasteiger partial charge in [-0.25, -0.2) is 0 Å². The summed E-state index contributed by atoms with van der Waals surface area (Å²) in [6.07, 6.45) is 0.967. The fraction of sp³-hybridized carbons (Fsp3) is 0.333. The van der Waals surface area contributed by atoms with E-state index < -0.39 is 0 Å². The minimum Gasteiger partial charge on any atom is -0.495 e. The van der Waals surface area contributed by atoms with E-state index in [-0.39, 0.29) is 0 Å². The molecule has 0 saturated carbocycles. The molecule has 2 rings (SSSR count). The van der Waals surface area contributed by atoms with Gasteiger partial charge in [0.05, 0.1) is 12.6 Å². The van der Waals surface area contributed by atoms with Gasteiger partial charge in [-0.1, -0.05) is 12.1 Å². The van der Waals surface area contributed by atoms with Gasteiger partial charge in [-0.2, -0.15) is 0 Å². The number of rotatable bonds is 4. The molecule has 0 atom stereocenters. The summed E-state index contributed by atoms with van der Waals surface area (Å²) >= 11 is 3.63. The van der Waals surface area contributed by atoms with E-state index in [2.05, 4.69) is 32.3 Å². The molecule has 1 aromatic heterocycles. The monoisotopic (exact) mass is 282 g/mol. The summed E-state index contributed by atoms with van der Waals surface area (Å²) in [5.41, 5.74) is 2.26. The van der Waals surface area contributed by atoms with Crippen molar-refractivity contribution in [2.45, 2.75) is 6.42 Å². The van der Waals surface area contributed by atoms with Crippen molar-refractivity contribution in [1.29, 1.82) is 0 Å². The van der Waals surface area contributed by atoms with Gasteiger partial charge < -0.3 is 15.0 Å². The van der Waals surface area contributed by atoms with Crippen molar-refractivity contribution in [2.75, 3.05) is 20.7 Å². The van der Waals surface area contributed by atoms with Crippen LogP contribution < -0.4 is 10.1 Å². The van der Waals surface area contributed by atoms with Gasteiger partial charge in [0.1, 0.15) is 5.75 Å². The number of hydrogen-bond donors (Lipinski definition) is 2. The quantitative estimate of drug-likeness (QED) is 0.905. The SMILES string of the molecule is CNCCc1[nH]c2c(OC)cccc2c1Br. The van der Waals surface area contributed by atoms with E-state index in [0.29, 0.717) is 0 Å². The number of aromatic nitrogens is 1. The summed E-state index contributed by atoms with van der Waals surface area (Å²) in [6, 6.07) is 6.05. The Morgan fingerprint density at radius 1 is 1.44 bits per heavy atom. The molecule has 1 aromatic carbocycles. The number of hydrogen-bond acceptors (Lipinski definition) is 2. The zero-order chi connectivity index (χ0) is 11.5. The van der Waals surface area contributed by atoms with Gasteiger partial charge in [-0.3, -0.25) is 0 Å². The van der Waals surface area contributed by atoms with Crippen molar-refractivity contribution < 1.29 is 4.74 Å². The van der Waals surface area contributed by atoms with Crippen LogP contribution in [0.2, 0.25) is 0 Å².